The van der Waals surface area contributed by atoms with E-state index in [0.717, 1.165) is 94.0 Å². The highest BCUT2D eigenvalue weighted by Crippen LogP contribution is 2.48. The van der Waals surface area contributed by atoms with Crippen molar-refractivity contribution in [2.45, 2.75) is 61.2 Å². The first-order valence-corrected chi connectivity index (χ1v) is 11.4. The van der Waals surface area contributed by atoms with Gasteiger partial charge in [0, 0.05) is 10.6 Å². The number of carbonyl (C=O) groups excluding carboxylic acids is 1. The van der Waals surface area contributed by atoms with Crippen LogP contribution in [-0.4, -0.2) is 11.1 Å². The third-order valence-electron chi connectivity index (χ3n) is 6.00. The number of thiophene rings is 1. The molecule has 0 saturated heterocycles. The fraction of sp³-hybridized carbons (Fsp3) is 0.429. The Hall–Kier alpha value is -2.01. The maximum atomic E-state index is 12.6. The van der Waals surface area contributed by atoms with Crippen LogP contribution in [0, 0.1) is 11.3 Å². The number of benzene rings is 1. The van der Waals surface area contributed by atoms with Crippen molar-refractivity contribution in [3.63, 3.8) is 0 Å². The van der Waals surface area contributed by atoms with Gasteiger partial charge < -0.3 is 10.4 Å². The number of amides is 2. The van der Waals surface area contributed by atoms with Crippen molar-refractivity contribution in [3.8, 4) is 6.07 Å². The number of nitriles is 1. The summed E-state index contributed by atoms with van der Waals surface area (Å²) in [6.07, 6.45) is 7.42. The Morgan fingerprint density at radius 3 is 2.36 bits per heavy atom. The number of hydrogen-bond acceptors (Lipinski definition) is 5. The van der Waals surface area contributed by atoms with Gasteiger partial charge in [-0.1, -0.05) is 0 Å². The van der Waals surface area contributed by atoms with E-state index in [9.17, 15) is 15.2 Å². The van der Waals surface area contributed by atoms with Crippen molar-refractivity contribution in [1.82, 2.24) is 4.72 Å². The topological polar surface area (TPSA) is 85.2 Å². The first kappa shape index (κ1) is 18.0. The highest BCUT2D eigenvalue weighted by atomic mass is 32.2. The Morgan fingerprint density at radius 2 is 1.75 bits per heavy atom. The molecule has 7 heteroatoms. The highest BCUT2D eigenvalue weighted by molar-refractivity contribution is 7.99. The number of nitrogens with zero attached hydrogens (tertiary/aromatic N) is 1. The molecule has 1 aromatic heterocycles. The van der Waals surface area contributed by atoms with Crippen LogP contribution in [0.5, 0.6) is 0 Å². The molecule has 2 amide bonds. The maximum Gasteiger partial charge on any atom is 0.329 e. The van der Waals surface area contributed by atoms with Gasteiger partial charge in [0.1, 0.15) is 0 Å². The lowest BCUT2D eigenvalue weighted by Gasteiger charge is -2.17. The molecule has 1 aromatic carbocycles. The monoisotopic (exact) mass is 411 g/mol. The summed E-state index contributed by atoms with van der Waals surface area (Å²) < 4.78 is 3.83. The van der Waals surface area contributed by atoms with Gasteiger partial charge in [-0.2, -0.15) is 5.26 Å². The quantitative estimate of drug-likeness (QED) is 0.651. The van der Waals surface area contributed by atoms with Crippen LogP contribution in [0.2, 0.25) is 0 Å². The summed E-state index contributed by atoms with van der Waals surface area (Å²) in [5.41, 5.74) is 5.78. The summed E-state index contributed by atoms with van der Waals surface area (Å²) >= 11 is 2.81. The molecular formula is C21H21N3O2S2. The average molecular weight is 412 g/mol. The van der Waals surface area contributed by atoms with Gasteiger partial charge in [-0.25, -0.2) is 4.79 Å². The number of carbonyl (C=O) groups is 1. The van der Waals surface area contributed by atoms with E-state index in [0.29, 0.717) is 0 Å². The minimum atomic E-state index is -0.630. The number of urea groups is 1. The lowest BCUT2D eigenvalue weighted by atomic mass is 9.93. The van der Waals surface area contributed by atoms with Gasteiger partial charge in [0.2, 0.25) is 0 Å². The summed E-state index contributed by atoms with van der Waals surface area (Å²) in [4.78, 5) is 13.6. The zero-order valence-corrected chi connectivity index (χ0v) is 17.1. The molecule has 0 spiro atoms. The standard InChI is InChI=1S/C21H21N3O2S2/c22-11-16-12-3-1-5-14(12)19(15-6-2-4-13(15)16)23-20(25)24-28-18-8-7-17(27-18)21(26)9-10-21/h7-8,26H,1-6,9-10H2,(H2,23,24,25). The molecule has 1 fully saturated rings. The minimum Gasteiger partial charge on any atom is -0.384 e. The smallest absolute Gasteiger partial charge is 0.329 e. The Balaban J connectivity index is 1.33. The first-order chi connectivity index (χ1) is 13.6. The lowest BCUT2D eigenvalue weighted by molar-refractivity contribution is 0.155. The van der Waals surface area contributed by atoms with Crippen LogP contribution in [0.3, 0.4) is 0 Å². The number of anilines is 1. The molecule has 144 valence electrons. The van der Waals surface area contributed by atoms with E-state index in [2.05, 4.69) is 16.1 Å². The summed E-state index contributed by atoms with van der Waals surface area (Å²) in [7, 11) is 0. The molecule has 3 aliphatic rings. The zero-order valence-electron chi connectivity index (χ0n) is 15.4. The lowest BCUT2D eigenvalue weighted by Crippen LogP contribution is -2.24. The summed E-state index contributed by atoms with van der Waals surface area (Å²) in [5, 5.41) is 22.9. The van der Waals surface area contributed by atoms with Crippen LogP contribution in [0.25, 0.3) is 0 Å². The molecule has 1 saturated carbocycles. The number of rotatable bonds is 4. The predicted molar refractivity (Wildman–Crippen MR) is 111 cm³/mol. The van der Waals surface area contributed by atoms with E-state index < -0.39 is 5.60 Å². The predicted octanol–water partition coefficient (Wildman–Crippen LogP) is 4.41. The van der Waals surface area contributed by atoms with Crippen molar-refractivity contribution < 1.29 is 9.90 Å². The summed E-state index contributed by atoms with van der Waals surface area (Å²) in [6, 6.07) is 6.07. The number of aliphatic hydroxyl groups is 1. The molecule has 2 aromatic rings. The second kappa shape index (κ2) is 6.80. The Labute approximate surface area is 172 Å². The Morgan fingerprint density at radius 1 is 1.11 bits per heavy atom. The highest BCUT2D eigenvalue weighted by Gasteiger charge is 2.43. The molecular weight excluding hydrogens is 390 g/mol. The molecule has 5 rings (SSSR count). The van der Waals surface area contributed by atoms with E-state index in [1.807, 2.05) is 12.1 Å². The second-order valence-corrected chi connectivity index (χ2v) is 9.98. The molecule has 3 N–H and O–H groups in total. The van der Waals surface area contributed by atoms with Gasteiger partial charge in [-0.05, 0) is 97.7 Å². The fourth-order valence-corrected chi connectivity index (χ4v) is 6.29. The third kappa shape index (κ3) is 3.00. The number of fused-ring (bicyclic) bond motifs is 2. The maximum absolute atomic E-state index is 12.6. The van der Waals surface area contributed by atoms with Crippen molar-refractivity contribution in [2.75, 3.05) is 5.32 Å². The number of hydrogen-bond donors (Lipinski definition) is 3. The number of nitrogens with one attached hydrogen (secondary N) is 2. The first-order valence-electron chi connectivity index (χ1n) is 9.75. The zero-order chi connectivity index (χ0) is 19.3. The van der Waals surface area contributed by atoms with Crippen molar-refractivity contribution in [1.29, 1.82) is 5.26 Å². The summed E-state index contributed by atoms with van der Waals surface area (Å²) in [6.45, 7) is 0. The van der Waals surface area contributed by atoms with E-state index in [4.69, 9.17) is 0 Å². The average Bonchev–Trinajstić information content (AvgIpc) is 3.16. The largest absolute Gasteiger partial charge is 0.384 e. The van der Waals surface area contributed by atoms with Gasteiger partial charge in [-0.3, -0.25) is 4.72 Å². The van der Waals surface area contributed by atoms with Crippen molar-refractivity contribution in [2.24, 2.45) is 0 Å². The van der Waals surface area contributed by atoms with Crippen LogP contribution in [-0.2, 0) is 31.3 Å². The molecule has 1 heterocycles. The molecule has 0 radical (unpaired) electrons. The van der Waals surface area contributed by atoms with Gasteiger partial charge in [0.05, 0.1) is 21.4 Å². The van der Waals surface area contributed by atoms with E-state index in [1.54, 1.807) is 0 Å². The second-order valence-electron chi connectivity index (χ2n) is 7.79. The van der Waals surface area contributed by atoms with Crippen LogP contribution in [0.4, 0.5) is 10.5 Å². The van der Waals surface area contributed by atoms with Gasteiger partial charge >= 0.3 is 6.03 Å². The van der Waals surface area contributed by atoms with Gasteiger partial charge in [-0.15, -0.1) is 11.3 Å². The summed E-state index contributed by atoms with van der Waals surface area (Å²) in [5.74, 6) is 0. The van der Waals surface area contributed by atoms with Crippen molar-refractivity contribution >= 4 is 35.0 Å². The Kier molecular flexibility index (Phi) is 4.38. The molecule has 5 nitrogen and oxygen atoms in total. The van der Waals surface area contributed by atoms with Crippen LogP contribution in [0.1, 0.15) is 58.4 Å². The minimum absolute atomic E-state index is 0.238. The molecule has 0 bridgehead atoms. The molecule has 3 aliphatic carbocycles. The molecule has 28 heavy (non-hydrogen) atoms. The normalized spacial score (nSPS) is 18.3. The van der Waals surface area contributed by atoms with Gasteiger partial charge in [0.15, 0.2) is 0 Å². The fourth-order valence-electron chi connectivity index (χ4n) is 4.47. The van der Waals surface area contributed by atoms with E-state index >= 15 is 0 Å². The van der Waals surface area contributed by atoms with Gasteiger partial charge in [0.25, 0.3) is 0 Å². The molecule has 0 atom stereocenters. The third-order valence-corrected chi connectivity index (χ3v) is 8.20. The van der Waals surface area contributed by atoms with Crippen LogP contribution in [0.15, 0.2) is 16.3 Å². The van der Waals surface area contributed by atoms with Crippen molar-refractivity contribution in [3.05, 3.63) is 44.8 Å². The van der Waals surface area contributed by atoms with E-state index in [1.165, 1.54) is 23.3 Å². The SMILES string of the molecule is N#Cc1c2c(c(NC(=O)NSc3ccc(C4(O)CC4)s3)c3c1CCC3)CCC2. The van der Waals surface area contributed by atoms with Crippen LogP contribution < -0.4 is 10.0 Å². The molecule has 0 aliphatic heterocycles. The Bertz CT molecular complexity index is 982. The van der Waals surface area contributed by atoms with E-state index in [-0.39, 0.29) is 6.03 Å². The van der Waals surface area contributed by atoms with Crippen LogP contribution >= 0.6 is 23.3 Å². The molecule has 0 unspecified atom stereocenters.